The molecule has 0 radical (unpaired) electrons. The van der Waals surface area contributed by atoms with Crippen LogP contribution in [0.5, 0.6) is 0 Å². The summed E-state index contributed by atoms with van der Waals surface area (Å²) < 4.78 is 10.3. The second kappa shape index (κ2) is 7.08. The van der Waals surface area contributed by atoms with Crippen LogP contribution in [0.3, 0.4) is 0 Å². The van der Waals surface area contributed by atoms with Crippen molar-refractivity contribution in [2.75, 3.05) is 13.7 Å². The van der Waals surface area contributed by atoms with E-state index < -0.39 is 34.5 Å². The van der Waals surface area contributed by atoms with Gasteiger partial charge >= 0.3 is 12.1 Å². The number of amides is 1. The van der Waals surface area contributed by atoms with Crippen LogP contribution in [0.2, 0.25) is 0 Å². The van der Waals surface area contributed by atoms with Gasteiger partial charge in [0.1, 0.15) is 5.60 Å². The van der Waals surface area contributed by atoms with Crippen LogP contribution in [-0.4, -0.2) is 41.1 Å². The third-order valence-electron chi connectivity index (χ3n) is 3.95. The summed E-state index contributed by atoms with van der Waals surface area (Å²) >= 11 is 0. The lowest BCUT2D eigenvalue weighted by atomic mass is 9.93. The molecule has 8 nitrogen and oxygen atoms in total. The summed E-state index contributed by atoms with van der Waals surface area (Å²) in [6.07, 6.45) is -0.158. The molecule has 2 rings (SSSR count). The van der Waals surface area contributed by atoms with Crippen LogP contribution in [-0.2, 0) is 14.3 Å². The molecule has 0 N–H and O–H groups in total. The summed E-state index contributed by atoms with van der Waals surface area (Å²) in [7, 11) is 1.28. The second-order valence-electron chi connectivity index (χ2n) is 6.89. The number of nitro benzene ring substituents is 1. The number of likely N-dealkylation sites (tertiary alicyclic amines) is 1. The third kappa shape index (κ3) is 4.26. The fraction of sp³-hybridized carbons (Fsp3) is 0.529. The Morgan fingerprint density at radius 1 is 1.32 bits per heavy atom. The maximum atomic E-state index is 12.5. The fourth-order valence-electron chi connectivity index (χ4n) is 2.95. The summed E-state index contributed by atoms with van der Waals surface area (Å²) in [6, 6.07) is 5.28. The van der Waals surface area contributed by atoms with E-state index in [2.05, 4.69) is 0 Å². The van der Waals surface area contributed by atoms with Gasteiger partial charge in [-0.1, -0.05) is 12.1 Å². The Balaban J connectivity index is 2.40. The normalized spacial score (nSPS) is 20.2. The molecule has 1 amide bonds. The van der Waals surface area contributed by atoms with Crippen molar-refractivity contribution >= 4 is 17.7 Å². The summed E-state index contributed by atoms with van der Waals surface area (Å²) in [6.45, 7) is 5.56. The molecule has 0 bridgehead atoms. The number of methoxy groups -OCH3 is 1. The number of nitrogens with zero attached hydrogens (tertiary/aromatic N) is 2. The van der Waals surface area contributed by atoms with Gasteiger partial charge < -0.3 is 14.4 Å². The van der Waals surface area contributed by atoms with Crippen LogP contribution in [0, 0.1) is 16.0 Å². The molecule has 0 aromatic heterocycles. The van der Waals surface area contributed by atoms with Gasteiger partial charge in [-0.15, -0.1) is 0 Å². The predicted molar refractivity (Wildman–Crippen MR) is 88.9 cm³/mol. The van der Waals surface area contributed by atoms with Gasteiger partial charge in [-0.2, -0.15) is 0 Å². The molecule has 8 heteroatoms. The molecule has 0 saturated carbocycles. The van der Waals surface area contributed by atoms with Crippen molar-refractivity contribution in [2.24, 2.45) is 5.92 Å². The average molecular weight is 350 g/mol. The van der Waals surface area contributed by atoms with E-state index in [9.17, 15) is 19.7 Å². The quantitative estimate of drug-likeness (QED) is 0.472. The van der Waals surface area contributed by atoms with Gasteiger partial charge in [-0.3, -0.25) is 14.9 Å². The van der Waals surface area contributed by atoms with E-state index >= 15 is 0 Å². The van der Waals surface area contributed by atoms with E-state index in [0.717, 1.165) is 0 Å². The van der Waals surface area contributed by atoms with Gasteiger partial charge in [0.2, 0.25) is 0 Å². The molecule has 2 atom stereocenters. The SMILES string of the molecule is COC(=O)[C@@H]1CCN(C(=O)OC(C)(C)C)[C@@H]1c1cccc([N+](=O)[O-])c1. The first-order chi connectivity index (χ1) is 11.6. The molecule has 136 valence electrons. The van der Waals surface area contributed by atoms with Crippen LogP contribution < -0.4 is 0 Å². The Morgan fingerprint density at radius 2 is 2.00 bits per heavy atom. The second-order valence-corrected chi connectivity index (χ2v) is 6.89. The van der Waals surface area contributed by atoms with Crippen molar-refractivity contribution in [1.82, 2.24) is 4.90 Å². The molecule has 25 heavy (non-hydrogen) atoms. The zero-order chi connectivity index (χ0) is 18.8. The van der Waals surface area contributed by atoms with E-state index in [1.165, 1.54) is 30.2 Å². The summed E-state index contributed by atoms with van der Waals surface area (Å²) in [5.41, 5.74) is -0.279. The minimum absolute atomic E-state index is 0.0999. The van der Waals surface area contributed by atoms with E-state index in [1.54, 1.807) is 26.8 Å². The number of carbonyl (C=O) groups excluding carboxylic acids is 2. The Morgan fingerprint density at radius 3 is 2.56 bits per heavy atom. The number of benzene rings is 1. The van der Waals surface area contributed by atoms with Gasteiger partial charge in [0.05, 0.1) is 24.0 Å². The molecule has 0 unspecified atom stereocenters. The van der Waals surface area contributed by atoms with Gasteiger partial charge in [-0.05, 0) is 32.8 Å². The maximum absolute atomic E-state index is 12.5. The molecule has 1 aliphatic heterocycles. The largest absolute Gasteiger partial charge is 0.469 e. The van der Waals surface area contributed by atoms with Gasteiger partial charge in [0.15, 0.2) is 0 Å². The van der Waals surface area contributed by atoms with E-state index in [1.807, 2.05) is 0 Å². The number of esters is 1. The first-order valence-electron chi connectivity index (χ1n) is 7.96. The molecule has 1 aromatic rings. The van der Waals surface area contributed by atoms with E-state index in [0.29, 0.717) is 18.5 Å². The van der Waals surface area contributed by atoms with Crippen molar-refractivity contribution in [2.45, 2.75) is 38.8 Å². The molecule has 0 spiro atoms. The Bertz CT molecular complexity index is 682. The van der Waals surface area contributed by atoms with Crippen molar-refractivity contribution in [3.05, 3.63) is 39.9 Å². The van der Waals surface area contributed by atoms with Crippen molar-refractivity contribution < 1.29 is 24.0 Å². The zero-order valence-corrected chi connectivity index (χ0v) is 14.7. The molecular formula is C17H22N2O6. The van der Waals surface area contributed by atoms with Crippen LogP contribution in [0.15, 0.2) is 24.3 Å². The van der Waals surface area contributed by atoms with Crippen LogP contribution in [0.4, 0.5) is 10.5 Å². The zero-order valence-electron chi connectivity index (χ0n) is 14.7. The minimum atomic E-state index is -0.687. The highest BCUT2D eigenvalue weighted by Crippen LogP contribution is 2.39. The summed E-state index contributed by atoms with van der Waals surface area (Å²) in [5, 5.41) is 11.1. The molecule has 1 saturated heterocycles. The lowest BCUT2D eigenvalue weighted by Gasteiger charge is -2.30. The van der Waals surface area contributed by atoms with Crippen molar-refractivity contribution in [1.29, 1.82) is 0 Å². The van der Waals surface area contributed by atoms with Gasteiger partial charge in [0, 0.05) is 18.7 Å². The van der Waals surface area contributed by atoms with Gasteiger partial charge in [0.25, 0.3) is 5.69 Å². The highest BCUT2D eigenvalue weighted by atomic mass is 16.6. The van der Waals surface area contributed by atoms with Crippen molar-refractivity contribution in [3.63, 3.8) is 0 Å². The molecule has 1 fully saturated rings. The number of hydrogen-bond donors (Lipinski definition) is 0. The monoisotopic (exact) mass is 350 g/mol. The number of nitro groups is 1. The van der Waals surface area contributed by atoms with Gasteiger partial charge in [-0.25, -0.2) is 4.79 Å². The summed E-state index contributed by atoms with van der Waals surface area (Å²) in [4.78, 5) is 36.7. The van der Waals surface area contributed by atoms with Crippen LogP contribution >= 0.6 is 0 Å². The molecule has 0 aliphatic carbocycles. The van der Waals surface area contributed by atoms with E-state index in [-0.39, 0.29) is 5.69 Å². The third-order valence-corrected chi connectivity index (χ3v) is 3.95. The number of non-ortho nitro benzene ring substituents is 1. The Labute approximate surface area is 145 Å². The van der Waals surface area contributed by atoms with Crippen LogP contribution in [0.1, 0.15) is 38.8 Å². The summed E-state index contributed by atoms with van der Waals surface area (Å²) in [5.74, 6) is -1.05. The standard InChI is InChI=1S/C17H22N2O6/c1-17(2,3)25-16(21)18-9-8-13(15(20)24-4)14(18)11-6-5-7-12(10-11)19(22)23/h5-7,10,13-14H,8-9H2,1-4H3/t13-,14-/m1/s1. The topological polar surface area (TPSA) is 99.0 Å². The highest BCUT2D eigenvalue weighted by Gasteiger charge is 2.44. The van der Waals surface area contributed by atoms with E-state index in [4.69, 9.17) is 9.47 Å². The highest BCUT2D eigenvalue weighted by molar-refractivity contribution is 5.77. The molecule has 1 aromatic carbocycles. The predicted octanol–water partition coefficient (Wildman–Crippen LogP) is 3.07. The Kier molecular flexibility index (Phi) is 5.30. The smallest absolute Gasteiger partial charge is 0.410 e. The number of ether oxygens (including phenoxy) is 2. The Hall–Kier alpha value is -2.64. The number of carbonyl (C=O) groups is 2. The molecular weight excluding hydrogens is 328 g/mol. The first-order valence-corrected chi connectivity index (χ1v) is 7.96. The number of rotatable bonds is 3. The molecule has 1 aliphatic rings. The first kappa shape index (κ1) is 18.7. The molecule has 1 heterocycles. The lowest BCUT2D eigenvalue weighted by molar-refractivity contribution is -0.385. The fourth-order valence-corrected chi connectivity index (χ4v) is 2.95. The van der Waals surface area contributed by atoms with Crippen molar-refractivity contribution in [3.8, 4) is 0 Å². The maximum Gasteiger partial charge on any atom is 0.410 e. The van der Waals surface area contributed by atoms with Crippen LogP contribution in [0.25, 0.3) is 0 Å². The minimum Gasteiger partial charge on any atom is -0.469 e. The number of hydrogen-bond acceptors (Lipinski definition) is 6. The lowest BCUT2D eigenvalue weighted by Crippen LogP contribution is -2.38. The average Bonchev–Trinajstić information content (AvgIpc) is 2.97.